The number of halogens is 1. The van der Waals surface area contributed by atoms with E-state index in [0.717, 1.165) is 25.2 Å². The van der Waals surface area contributed by atoms with Gasteiger partial charge in [0.15, 0.2) is 0 Å². The van der Waals surface area contributed by atoms with Crippen molar-refractivity contribution < 1.29 is 28.1 Å². The number of carbonyl (C=O) groups excluding carboxylic acids is 1. The van der Waals surface area contributed by atoms with Crippen molar-refractivity contribution in [3.05, 3.63) is 78.2 Å². The normalized spacial score (nSPS) is 14.9. The number of methoxy groups -OCH3 is 3. The topological polar surface area (TPSA) is 102 Å². The molecular formula is C33H37FN6O5. The number of nitrogens with one attached hydrogen (secondary N) is 1. The number of rotatable bonds is 9. The molecule has 1 fully saturated rings. The number of aromatic nitrogens is 2. The van der Waals surface area contributed by atoms with Crippen molar-refractivity contribution in [1.82, 2.24) is 14.9 Å². The van der Waals surface area contributed by atoms with Crippen LogP contribution >= 0.6 is 0 Å². The molecule has 3 aromatic carbocycles. The van der Waals surface area contributed by atoms with Crippen molar-refractivity contribution in [3.63, 3.8) is 0 Å². The van der Waals surface area contributed by atoms with Crippen molar-refractivity contribution >= 4 is 34.8 Å². The number of nitrogens with zero attached hydrogens (tertiary/aromatic N) is 5. The highest BCUT2D eigenvalue weighted by Gasteiger charge is 2.28. The Morgan fingerprint density at radius 2 is 1.76 bits per heavy atom. The number of likely N-dealkylation sites (N-methyl/N-ethyl adjacent to an activating group) is 1. The maximum atomic E-state index is 15.2. The van der Waals surface area contributed by atoms with E-state index < -0.39 is 6.09 Å². The molecule has 0 spiro atoms. The fraction of sp³-hybridized carbons (Fsp3) is 0.303. The van der Waals surface area contributed by atoms with Gasteiger partial charge in [-0.25, -0.2) is 19.1 Å². The number of aryl methyl sites for hydroxylation is 1. The largest absolute Gasteiger partial charge is 0.497 e. The van der Waals surface area contributed by atoms with Crippen molar-refractivity contribution in [2.24, 2.45) is 0 Å². The number of hydrogen-bond donors (Lipinski definition) is 1. The van der Waals surface area contributed by atoms with E-state index in [2.05, 4.69) is 34.2 Å². The highest BCUT2D eigenvalue weighted by atomic mass is 19.1. The van der Waals surface area contributed by atoms with Crippen LogP contribution < -0.4 is 34.1 Å². The lowest BCUT2D eigenvalue weighted by Gasteiger charge is -2.39. The molecule has 12 heteroatoms. The van der Waals surface area contributed by atoms with Crippen LogP contribution in [0.3, 0.4) is 0 Å². The van der Waals surface area contributed by atoms with Gasteiger partial charge in [0.2, 0.25) is 11.8 Å². The Morgan fingerprint density at radius 3 is 2.47 bits per heavy atom. The van der Waals surface area contributed by atoms with E-state index in [-0.39, 0.29) is 17.6 Å². The molecule has 1 saturated heterocycles. The van der Waals surface area contributed by atoms with Crippen molar-refractivity contribution in [2.45, 2.75) is 19.9 Å². The number of ether oxygens (including phenoxy) is 4. The average molecular weight is 617 g/mol. The summed E-state index contributed by atoms with van der Waals surface area (Å²) in [7, 11) is 6.64. The summed E-state index contributed by atoms with van der Waals surface area (Å²) in [6.45, 7) is 6.38. The Balaban J connectivity index is 1.40. The second kappa shape index (κ2) is 13.7. The van der Waals surface area contributed by atoms with Gasteiger partial charge in [-0.1, -0.05) is 6.07 Å². The van der Waals surface area contributed by atoms with Crippen LogP contribution in [0.5, 0.6) is 23.1 Å². The first-order valence-corrected chi connectivity index (χ1v) is 14.4. The fourth-order valence-electron chi connectivity index (χ4n) is 5.10. The Bertz CT molecular complexity index is 1670. The molecular weight excluding hydrogens is 579 g/mol. The molecule has 1 atom stereocenters. The Kier molecular flexibility index (Phi) is 9.53. The molecule has 4 aromatic rings. The molecule has 1 N–H and O–H groups in total. The van der Waals surface area contributed by atoms with Crippen LogP contribution in [0.2, 0.25) is 0 Å². The third-order valence-electron chi connectivity index (χ3n) is 7.71. The first-order chi connectivity index (χ1) is 21.7. The number of amides is 1. The first kappa shape index (κ1) is 31.3. The second-order valence-corrected chi connectivity index (χ2v) is 10.7. The van der Waals surface area contributed by atoms with E-state index in [9.17, 15) is 4.79 Å². The molecule has 1 amide bonds. The van der Waals surface area contributed by atoms with Gasteiger partial charge in [0.25, 0.3) is 0 Å². The van der Waals surface area contributed by atoms with Gasteiger partial charge in [0.1, 0.15) is 23.1 Å². The SMILES string of the molecule is COc1ccc(N(C(=O)Oc2ccnc(Nc3ccc(N4CCN(C)C(C)C4)c(F)c3)n2)c2cc(C)ccc2OC)c(OC)c1. The van der Waals surface area contributed by atoms with Gasteiger partial charge in [-0.15, -0.1) is 0 Å². The zero-order chi connectivity index (χ0) is 32.1. The van der Waals surface area contributed by atoms with Gasteiger partial charge in [-0.3, -0.25) is 0 Å². The summed E-state index contributed by atoms with van der Waals surface area (Å²) in [4.78, 5) is 28.1. The zero-order valence-corrected chi connectivity index (χ0v) is 26.2. The smallest absolute Gasteiger partial charge is 0.426 e. The molecule has 2 heterocycles. The summed E-state index contributed by atoms with van der Waals surface area (Å²) in [6, 6.07) is 17.2. The zero-order valence-electron chi connectivity index (χ0n) is 26.2. The molecule has 0 radical (unpaired) electrons. The molecule has 0 saturated carbocycles. The van der Waals surface area contributed by atoms with E-state index >= 15 is 4.39 Å². The van der Waals surface area contributed by atoms with Crippen molar-refractivity contribution in [1.29, 1.82) is 0 Å². The predicted octanol–water partition coefficient (Wildman–Crippen LogP) is 6.17. The lowest BCUT2D eigenvalue weighted by Crippen LogP contribution is -2.50. The maximum absolute atomic E-state index is 15.2. The lowest BCUT2D eigenvalue weighted by molar-refractivity contribution is 0.208. The Morgan fingerprint density at radius 1 is 0.956 bits per heavy atom. The van der Waals surface area contributed by atoms with Gasteiger partial charge in [-0.05, 0) is 68.9 Å². The van der Waals surface area contributed by atoms with Gasteiger partial charge in [0.05, 0.1) is 38.4 Å². The standard InChI is InChI=1S/C33H37FN6O5/c1-21-7-12-29(43-5)28(17-21)40(27-11-9-24(42-4)19-30(27)44-6)33(41)45-31-13-14-35-32(37-31)36-23-8-10-26(25(34)18-23)39-16-15-38(3)22(2)20-39/h7-14,17-19,22H,15-16,20H2,1-6H3,(H,35,36,37). The average Bonchev–Trinajstić information content (AvgIpc) is 3.03. The lowest BCUT2D eigenvalue weighted by atomic mass is 10.1. The fourth-order valence-corrected chi connectivity index (χ4v) is 5.10. The summed E-state index contributed by atoms with van der Waals surface area (Å²) >= 11 is 0. The monoisotopic (exact) mass is 616 g/mol. The maximum Gasteiger partial charge on any atom is 0.426 e. The number of benzene rings is 3. The van der Waals surface area contributed by atoms with Crippen LogP contribution in [0, 0.1) is 12.7 Å². The van der Waals surface area contributed by atoms with E-state index in [0.29, 0.717) is 46.0 Å². The van der Waals surface area contributed by atoms with Crippen LogP contribution in [0.25, 0.3) is 0 Å². The number of carbonyl (C=O) groups is 1. The van der Waals surface area contributed by atoms with E-state index in [4.69, 9.17) is 18.9 Å². The quantitative estimate of drug-likeness (QED) is 0.235. The van der Waals surface area contributed by atoms with E-state index in [1.165, 1.54) is 37.4 Å². The molecule has 236 valence electrons. The highest BCUT2D eigenvalue weighted by Crippen LogP contribution is 2.41. The Labute approximate surface area is 262 Å². The van der Waals surface area contributed by atoms with Gasteiger partial charge in [0, 0.05) is 49.7 Å². The number of anilines is 5. The third kappa shape index (κ3) is 7.01. The first-order valence-electron chi connectivity index (χ1n) is 14.4. The molecule has 0 bridgehead atoms. The minimum absolute atomic E-state index is 0.0230. The van der Waals surface area contributed by atoms with Gasteiger partial charge < -0.3 is 34.1 Å². The molecule has 1 aromatic heterocycles. The van der Waals surface area contributed by atoms with Crippen molar-refractivity contribution in [2.75, 3.05) is 63.1 Å². The molecule has 45 heavy (non-hydrogen) atoms. The number of hydrogen-bond acceptors (Lipinski definition) is 10. The van der Waals surface area contributed by atoms with Crippen LogP contribution in [0.4, 0.5) is 37.9 Å². The summed E-state index contributed by atoms with van der Waals surface area (Å²) in [6.07, 6.45) is 0.670. The van der Waals surface area contributed by atoms with E-state index in [1.807, 2.05) is 17.9 Å². The van der Waals surface area contributed by atoms with Crippen LogP contribution in [0.1, 0.15) is 12.5 Å². The summed E-state index contributed by atoms with van der Waals surface area (Å²) < 4.78 is 37.5. The minimum atomic E-state index is -0.774. The summed E-state index contributed by atoms with van der Waals surface area (Å²) in [5.41, 5.74) is 2.72. The molecule has 1 aliphatic rings. The molecule has 11 nitrogen and oxygen atoms in total. The highest BCUT2D eigenvalue weighted by molar-refractivity contribution is 6.00. The molecule has 5 rings (SSSR count). The second-order valence-electron chi connectivity index (χ2n) is 10.7. The summed E-state index contributed by atoms with van der Waals surface area (Å²) in [5.74, 6) is 1.12. The van der Waals surface area contributed by atoms with Crippen LogP contribution in [0.15, 0.2) is 66.9 Å². The van der Waals surface area contributed by atoms with Crippen molar-refractivity contribution in [3.8, 4) is 23.1 Å². The molecule has 1 unspecified atom stereocenters. The van der Waals surface area contributed by atoms with Gasteiger partial charge in [-0.2, -0.15) is 4.98 Å². The predicted molar refractivity (Wildman–Crippen MR) is 171 cm³/mol. The van der Waals surface area contributed by atoms with Gasteiger partial charge >= 0.3 is 6.09 Å². The summed E-state index contributed by atoms with van der Waals surface area (Å²) in [5, 5.41) is 3.01. The van der Waals surface area contributed by atoms with Crippen LogP contribution in [-0.4, -0.2) is 75.0 Å². The number of piperazine rings is 1. The van der Waals surface area contributed by atoms with E-state index in [1.54, 1.807) is 49.6 Å². The molecule has 0 aliphatic carbocycles. The molecule has 1 aliphatic heterocycles. The van der Waals surface area contributed by atoms with Crippen LogP contribution in [-0.2, 0) is 0 Å². The Hall–Kier alpha value is -5.10. The third-order valence-corrected chi connectivity index (χ3v) is 7.71. The minimum Gasteiger partial charge on any atom is -0.497 e.